The monoisotopic (exact) mass is 255 g/mol. The summed E-state index contributed by atoms with van der Waals surface area (Å²) in [7, 11) is 0. The van der Waals surface area contributed by atoms with Crippen LogP contribution in [0.3, 0.4) is 0 Å². The highest BCUT2D eigenvalue weighted by Gasteiger charge is 2.18. The molecular weight excluding hydrogens is 237 g/mol. The van der Waals surface area contributed by atoms with Gasteiger partial charge in [-0.3, -0.25) is 4.79 Å². The molecule has 0 saturated carbocycles. The summed E-state index contributed by atoms with van der Waals surface area (Å²) in [6.45, 7) is 3.25. The number of ether oxygens (including phenoxy) is 1. The molecule has 1 rings (SSSR count). The summed E-state index contributed by atoms with van der Waals surface area (Å²) in [5.74, 6) is -0.845. The minimum atomic E-state index is -0.817. The van der Waals surface area contributed by atoms with Crippen LogP contribution >= 0.6 is 0 Å². The zero-order valence-electron chi connectivity index (χ0n) is 10.5. The fourth-order valence-corrected chi connectivity index (χ4v) is 1.38. The molecule has 1 amide bonds. The lowest BCUT2D eigenvalue weighted by atomic mass is 10.2. The van der Waals surface area contributed by atoms with Crippen LogP contribution in [-0.4, -0.2) is 29.8 Å². The highest BCUT2D eigenvalue weighted by atomic mass is 19.1. The van der Waals surface area contributed by atoms with E-state index in [9.17, 15) is 9.18 Å². The second-order valence-corrected chi connectivity index (χ2v) is 3.99. The van der Waals surface area contributed by atoms with E-state index in [4.69, 9.17) is 9.84 Å². The quantitative estimate of drug-likeness (QED) is 0.809. The van der Waals surface area contributed by atoms with Gasteiger partial charge in [0, 0.05) is 0 Å². The van der Waals surface area contributed by atoms with Crippen LogP contribution in [0.2, 0.25) is 0 Å². The van der Waals surface area contributed by atoms with Crippen molar-refractivity contribution in [3.63, 3.8) is 0 Å². The number of aliphatic hydroxyl groups is 1. The Labute approximate surface area is 106 Å². The summed E-state index contributed by atoms with van der Waals surface area (Å²) in [5.41, 5.74) is 0. The molecule has 1 aromatic rings. The van der Waals surface area contributed by atoms with Gasteiger partial charge in [0.25, 0.3) is 5.91 Å². The van der Waals surface area contributed by atoms with Crippen molar-refractivity contribution in [1.29, 1.82) is 0 Å². The van der Waals surface area contributed by atoms with Gasteiger partial charge in [-0.25, -0.2) is 4.39 Å². The number of amides is 1. The first-order valence-electron chi connectivity index (χ1n) is 5.90. The highest BCUT2D eigenvalue weighted by Crippen LogP contribution is 2.17. The average Bonchev–Trinajstić information content (AvgIpc) is 2.38. The zero-order valence-corrected chi connectivity index (χ0v) is 10.5. The minimum Gasteiger partial charge on any atom is -0.478 e. The Hall–Kier alpha value is -1.62. The van der Waals surface area contributed by atoms with Crippen molar-refractivity contribution in [3.05, 3.63) is 30.1 Å². The molecule has 1 aromatic carbocycles. The Bertz CT molecular complexity index is 394. The normalized spacial score (nSPS) is 13.8. The third-order valence-electron chi connectivity index (χ3n) is 2.57. The van der Waals surface area contributed by atoms with E-state index in [1.807, 2.05) is 6.92 Å². The predicted octanol–water partition coefficient (Wildman–Crippen LogP) is 1.48. The lowest BCUT2D eigenvalue weighted by molar-refractivity contribution is -0.128. The molecule has 2 N–H and O–H groups in total. The van der Waals surface area contributed by atoms with Crippen LogP contribution in [0.1, 0.15) is 20.3 Å². The number of hydrogen-bond acceptors (Lipinski definition) is 3. The fraction of sp³-hybridized carbons (Fsp3) is 0.462. The molecule has 0 saturated heterocycles. The number of aliphatic hydroxyl groups excluding tert-OH is 1. The molecule has 0 aliphatic carbocycles. The van der Waals surface area contributed by atoms with Crippen molar-refractivity contribution in [2.24, 2.45) is 0 Å². The molecule has 0 aliphatic rings. The number of para-hydroxylation sites is 1. The Morgan fingerprint density at radius 2 is 2.17 bits per heavy atom. The maximum atomic E-state index is 13.3. The van der Waals surface area contributed by atoms with Gasteiger partial charge < -0.3 is 15.2 Å². The van der Waals surface area contributed by atoms with Crippen LogP contribution in [-0.2, 0) is 4.79 Å². The lowest BCUT2D eigenvalue weighted by Gasteiger charge is -2.19. The van der Waals surface area contributed by atoms with Gasteiger partial charge in [0.1, 0.15) is 0 Å². The molecular formula is C13H18FNO3. The molecule has 18 heavy (non-hydrogen) atoms. The summed E-state index contributed by atoms with van der Waals surface area (Å²) in [6, 6.07) is 5.60. The van der Waals surface area contributed by atoms with Gasteiger partial charge in [-0.2, -0.15) is 0 Å². The third-order valence-corrected chi connectivity index (χ3v) is 2.57. The van der Waals surface area contributed by atoms with Crippen LogP contribution < -0.4 is 10.1 Å². The number of nitrogens with one attached hydrogen (secondary N) is 1. The molecule has 1 unspecified atom stereocenters. The second kappa shape index (κ2) is 6.96. The molecule has 0 aromatic heterocycles. The van der Waals surface area contributed by atoms with E-state index in [2.05, 4.69) is 5.32 Å². The van der Waals surface area contributed by atoms with E-state index in [1.165, 1.54) is 19.1 Å². The first kappa shape index (κ1) is 14.4. The van der Waals surface area contributed by atoms with Gasteiger partial charge in [-0.05, 0) is 25.5 Å². The molecule has 0 radical (unpaired) electrons. The molecule has 100 valence electrons. The molecule has 0 aliphatic heterocycles. The maximum absolute atomic E-state index is 13.3. The number of rotatable bonds is 6. The van der Waals surface area contributed by atoms with Gasteiger partial charge in [0.15, 0.2) is 17.7 Å². The molecule has 4 nitrogen and oxygen atoms in total. The first-order chi connectivity index (χ1) is 8.58. The van der Waals surface area contributed by atoms with Gasteiger partial charge in [0.05, 0.1) is 12.6 Å². The smallest absolute Gasteiger partial charge is 0.261 e. The van der Waals surface area contributed by atoms with Crippen LogP contribution in [0.4, 0.5) is 4.39 Å². The summed E-state index contributed by atoms with van der Waals surface area (Å²) >= 11 is 0. The van der Waals surface area contributed by atoms with Gasteiger partial charge in [-0.15, -0.1) is 0 Å². The van der Waals surface area contributed by atoms with E-state index in [0.29, 0.717) is 6.42 Å². The standard InChI is InChI=1S/C13H18FNO3/c1-3-10(8-16)15-13(17)9(2)18-12-7-5-4-6-11(12)14/h4-7,9-10,16H,3,8H2,1-2H3,(H,15,17)/t9?,10-/m0/s1. The van der Waals surface area contributed by atoms with E-state index < -0.39 is 11.9 Å². The summed E-state index contributed by atoms with van der Waals surface area (Å²) in [6.07, 6.45) is -0.197. The van der Waals surface area contributed by atoms with Gasteiger partial charge in [-0.1, -0.05) is 19.1 Å². The Kier molecular flexibility index (Phi) is 5.58. The highest BCUT2D eigenvalue weighted by molar-refractivity contribution is 5.81. The number of halogens is 1. The second-order valence-electron chi connectivity index (χ2n) is 3.99. The summed E-state index contributed by atoms with van der Waals surface area (Å²) in [4.78, 5) is 11.7. The SMILES string of the molecule is CC[C@@H](CO)NC(=O)C(C)Oc1ccccc1F. The number of benzene rings is 1. The van der Waals surface area contributed by atoms with Gasteiger partial charge in [0.2, 0.25) is 0 Å². The third kappa shape index (κ3) is 4.00. The van der Waals surface area contributed by atoms with Crippen molar-refractivity contribution >= 4 is 5.91 Å². The summed E-state index contributed by atoms with van der Waals surface area (Å²) < 4.78 is 18.5. The van der Waals surface area contributed by atoms with Crippen LogP contribution in [0.15, 0.2) is 24.3 Å². The first-order valence-corrected chi connectivity index (χ1v) is 5.90. The summed E-state index contributed by atoms with van der Waals surface area (Å²) in [5, 5.41) is 11.6. The topological polar surface area (TPSA) is 58.6 Å². The van der Waals surface area contributed by atoms with Crippen molar-refractivity contribution in [2.75, 3.05) is 6.61 Å². The number of carbonyl (C=O) groups is 1. The Morgan fingerprint density at radius 1 is 1.50 bits per heavy atom. The van der Waals surface area contributed by atoms with E-state index in [0.717, 1.165) is 0 Å². The van der Waals surface area contributed by atoms with Crippen molar-refractivity contribution in [1.82, 2.24) is 5.32 Å². The predicted molar refractivity (Wildman–Crippen MR) is 65.8 cm³/mol. The van der Waals surface area contributed by atoms with Crippen LogP contribution in [0.5, 0.6) is 5.75 Å². The zero-order chi connectivity index (χ0) is 13.5. The number of hydrogen-bond donors (Lipinski definition) is 2. The van der Waals surface area contributed by atoms with Gasteiger partial charge >= 0.3 is 0 Å². The average molecular weight is 255 g/mol. The molecule has 0 spiro atoms. The van der Waals surface area contributed by atoms with E-state index in [1.54, 1.807) is 12.1 Å². The van der Waals surface area contributed by atoms with E-state index in [-0.39, 0.29) is 24.3 Å². The molecule has 0 fully saturated rings. The molecule has 0 heterocycles. The Morgan fingerprint density at radius 3 is 2.72 bits per heavy atom. The molecule has 5 heteroatoms. The Balaban J connectivity index is 2.57. The van der Waals surface area contributed by atoms with Crippen molar-refractivity contribution in [3.8, 4) is 5.75 Å². The minimum absolute atomic E-state index is 0.0391. The lowest BCUT2D eigenvalue weighted by Crippen LogP contribution is -2.43. The largest absolute Gasteiger partial charge is 0.478 e. The molecule has 0 bridgehead atoms. The molecule has 2 atom stereocenters. The number of carbonyl (C=O) groups excluding carboxylic acids is 1. The van der Waals surface area contributed by atoms with Crippen molar-refractivity contribution in [2.45, 2.75) is 32.4 Å². The van der Waals surface area contributed by atoms with Crippen molar-refractivity contribution < 1.29 is 19.0 Å². The van der Waals surface area contributed by atoms with E-state index >= 15 is 0 Å². The van der Waals surface area contributed by atoms with Crippen LogP contribution in [0, 0.1) is 5.82 Å². The maximum Gasteiger partial charge on any atom is 0.261 e. The van der Waals surface area contributed by atoms with Crippen LogP contribution in [0.25, 0.3) is 0 Å². The fourth-order valence-electron chi connectivity index (χ4n) is 1.38.